The Bertz CT molecular complexity index is 856. The third-order valence-electron chi connectivity index (χ3n) is 4.42. The number of nitrogens with zero attached hydrogens (tertiary/aromatic N) is 5. The van der Waals surface area contributed by atoms with E-state index in [1.807, 2.05) is 30.3 Å². The van der Waals surface area contributed by atoms with Crippen LogP contribution < -0.4 is 15.0 Å². The molecule has 2 aromatic rings. The van der Waals surface area contributed by atoms with Gasteiger partial charge in [-0.05, 0) is 12.1 Å². The smallest absolute Gasteiger partial charge is 0.246 e. The number of anilines is 1. The molecule has 28 heavy (non-hydrogen) atoms. The van der Waals surface area contributed by atoms with Crippen LogP contribution in [0.2, 0.25) is 5.02 Å². The molecule has 1 amide bonds. The van der Waals surface area contributed by atoms with Crippen molar-refractivity contribution in [3.8, 4) is 5.75 Å². The molecular weight excluding hydrogens is 495 g/mol. The summed E-state index contributed by atoms with van der Waals surface area (Å²) in [6.07, 6.45) is 3.54. The lowest BCUT2D eigenvalue weighted by molar-refractivity contribution is -0.120. The summed E-state index contributed by atoms with van der Waals surface area (Å²) >= 11 is 6.01. The van der Waals surface area contributed by atoms with Gasteiger partial charge in [0, 0.05) is 50.5 Å². The van der Waals surface area contributed by atoms with Crippen LogP contribution in [-0.4, -0.2) is 60.3 Å². The van der Waals surface area contributed by atoms with Crippen molar-refractivity contribution in [2.75, 3.05) is 38.7 Å². The SMILES string of the molecule is CN=C(NCc1ccc(Cl)cc1OC)N1CCN(c2cnn(C)c2)C(=O)C1.I. The fourth-order valence-corrected chi connectivity index (χ4v) is 3.21. The summed E-state index contributed by atoms with van der Waals surface area (Å²) in [5.41, 5.74) is 1.78. The monoisotopic (exact) mass is 518 g/mol. The third-order valence-corrected chi connectivity index (χ3v) is 4.66. The van der Waals surface area contributed by atoms with E-state index in [4.69, 9.17) is 16.3 Å². The van der Waals surface area contributed by atoms with Crippen LogP contribution in [0.15, 0.2) is 35.6 Å². The number of methoxy groups -OCH3 is 1. The standard InChI is InChI=1S/C18H23ClN6O2.HI/c1-20-18(21-9-13-4-5-14(19)8-16(13)27-3)24-6-7-25(17(26)12-24)15-10-22-23(2)11-15;/h4-5,8,10-11H,6-7,9,12H2,1-3H3,(H,20,21);1H. The summed E-state index contributed by atoms with van der Waals surface area (Å²) in [7, 11) is 5.15. The van der Waals surface area contributed by atoms with Gasteiger partial charge in [-0.25, -0.2) is 0 Å². The third kappa shape index (κ3) is 5.07. The van der Waals surface area contributed by atoms with Crippen molar-refractivity contribution in [2.45, 2.75) is 6.54 Å². The predicted octanol–water partition coefficient (Wildman–Crippen LogP) is 2.12. The maximum atomic E-state index is 12.6. The fraction of sp³-hybridized carbons (Fsp3) is 0.389. The van der Waals surface area contributed by atoms with Crippen LogP contribution in [0.1, 0.15) is 5.56 Å². The summed E-state index contributed by atoms with van der Waals surface area (Å²) in [6, 6.07) is 5.50. The number of rotatable bonds is 4. The normalized spacial score (nSPS) is 14.7. The molecule has 10 heteroatoms. The molecule has 1 N–H and O–H groups in total. The summed E-state index contributed by atoms with van der Waals surface area (Å²) in [4.78, 5) is 20.6. The van der Waals surface area contributed by atoms with Crippen LogP contribution in [0.4, 0.5) is 5.69 Å². The van der Waals surface area contributed by atoms with Gasteiger partial charge in [0.2, 0.25) is 5.91 Å². The summed E-state index contributed by atoms with van der Waals surface area (Å²) in [5, 5.41) is 8.05. The van der Waals surface area contributed by atoms with Gasteiger partial charge in [0.15, 0.2) is 5.96 Å². The van der Waals surface area contributed by atoms with Crippen molar-refractivity contribution in [3.63, 3.8) is 0 Å². The molecular formula is C18H24ClIN6O2. The first kappa shape index (κ1) is 22.3. The molecule has 0 unspecified atom stereocenters. The second-order valence-electron chi connectivity index (χ2n) is 6.20. The van der Waals surface area contributed by atoms with Crippen molar-refractivity contribution >= 4 is 53.1 Å². The van der Waals surface area contributed by atoms with Gasteiger partial charge in [-0.1, -0.05) is 17.7 Å². The zero-order valence-corrected chi connectivity index (χ0v) is 19.1. The van der Waals surface area contributed by atoms with E-state index in [-0.39, 0.29) is 36.4 Å². The van der Waals surface area contributed by atoms with Crippen molar-refractivity contribution < 1.29 is 9.53 Å². The molecule has 0 atom stereocenters. The molecule has 1 aromatic carbocycles. The molecule has 1 saturated heterocycles. The van der Waals surface area contributed by atoms with Crippen LogP contribution in [0.5, 0.6) is 5.75 Å². The summed E-state index contributed by atoms with van der Waals surface area (Å²) < 4.78 is 7.06. The van der Waals surface area contributed by atoms with E-state index in [1.165, 1.54) is 0 Å². The summed E-state index contributed by atoms with van der Waals surface area (Å²) in [5.74, 6) is 1.40. The van der Waals surface area contributed by atoms with E-state index in [1.54, 1.807) is 36.0 Å². The predicted molar refractivity (Wildman–Crippen MR) is 121 cm³/mol. The number of halogens is 2. The van der Waals surface area contributed by atoms with E-state index in [0.29, 0.717) is 36.4 Å². The lowest BCUT2D eigenvalue weighted by atomic mass is 10.2. The Hall–Kier alpha value is -2.01. The molecule has 0 radical (unpaired) electrons. The first-order valence-corrected chi connectivity index (χ1v) is 8.96. The molecule has 1 aromatic heterocycles. The van der Waals surface area contributed by atoms with Gasteiger partial charge in [-0.15, -0.1) is 24.0 Å². The molecule has 0 bridgehead atoms. The molecule has 1 fully saturated rings. The highest BCUT2D eigenvalue weighted by Crippen LogP contribution is 2.23. The van der Waals surface area contributed by atoms with Crippen LogP contribution in [0.25, 0.3) is 0 Å². The Morgan fingerprint density at radius 2 is 2.18 bits per heavy atom. The first-order chi connectivity index (χ1) is 13.0. The Morgan fingerprint density at radius 1 is 1.39 bits per heavy atom. The molecule has 8 nitrogen and oxygen atoms in total. The van der Waals surface area contributed by atoms with Crippen LogP contribution in [-0.2, 0) is 18.4 Å². The number of hydrogen-bond acceptors (Lipinski definition) is 4. The number of nitrogens with one attached hydrogen (secondary N) is 1. The Kier molecular flexibility index (Phi) is 7.93. The van der Waals surface area contributed by atoms with Gasteiger partial charge < -0.3 is 19.9 Å². The molecule has 1 aliphatic rings. The highest BCUT2D eigenvalue weighted by Gasteiger charge is 2.27. The quantitative estimate of drug-likeness (QED) is 0.381. The van der Waals surface area contributed by atoms with Crippen molar-refractivity contribution in [2.24, 2.45) is 12.0 Å². The van der Waals surface area contributed by atoms with E-state index in [2.05, 4.69) is 15.4 Å². The number of carbonyl (C=O) groups is 1. The molecule has 152 valence electrons. The summed E-state index contributed by atoms with van der Waals surface area (Å²) in [6.45, 7) is 2.03. The molecule has 1 aliphatic heterocycles. The zero-order chi connectivity index (χ0) is 19.4. The second kappa shape index (κ2) is 9.97. The van der Waals surface area contributed by atoms with Crippen molar-refractivity contribution in [3.05, 3.63) is 41.2 Å². The minimum atomic E-state index is 0. The molecule has 3 rings (SSSR count). The number of hydrogen-bond donors (Lipinski definition) is 1. The lowest BCUT2D eigenvalue weighted by Crippen LogP contribution is -2.55. The number of aromatic nitrogens is 2. The fourth-order valence-electron chi connectivity index (χ4n) is 3.05. The molecule has 0 spiro atoms. The van der Waals surface area contributed by atoms with E-state index >= 15 is 0 Å². The number of ether oxygens (including phenoxy) is 1. The second-order valence-corrected chi connectivity index (χ2v) is 6.63. The van der Waals surface area contributed by atoms with Gasteiger partial charge in [-0.2, -0.15) is 5.10 Å². The first-order valence-electron chi connectivity index (χ1n) is 8.59. The number of aliphatic imine (C=N–C) groups is 1. The average Bonchev–Trinajstić information content (AvgIpc) is 3.09. The zero-order valence-electron chi connectivity index (χ0n) is 16.1. The molecule has 2 heterocycles. The Morgan fingerprint density at radius 3 is 2.79 bits per heavy atom. The highest BCUT2D eigenvalue weighted by molar-refractivity contribution is 14.0. The van der Waals surface area contributed by atoms with Gasteiger partial charge >= 0.3 is 0 Å². The highest BCUT2D eigenvalue weighted by atomic mass is 127. The minimum Gasteiger partial charge on any atom is -0.496 e. The van der Waals surface area contributed by atoms with Crippen LogP contribution >= 0.6 is 35.6 Å². The van der Waals surface area contributed by atoms with E-state index < -0.39 is 0 Å². The van der Waals surface area contributed by atoms with Crippen LogP contribution in [0.3, 0.4) is 0 Å². The van der Waals surface area contributed by atoms with Crippen molar-refractivity contribution in [1.29, 1.82) is 0 Å². The van der Waals surface area contributed by atoms with Gasteiger partial charge in [0.25, 0.3) is 0 Å². The Labute approximate surface area is 186 Å². The number of aryl methyl sites for hydroxylation is 1. The molecule has 0 aliphatic carbocycles. The largest absolute Gasteiger partial charge is 0.496 e. The van der Waals surface area contributed by atoms with E-state index in [0.717, 1.165) is 11.3 Å². The van der Waals surface area contributed by atoms with Gasteiger partial charge in [0.05, 0.1) is 19.0 Å². The number of benzene rings is 1. The maximum Gasteiger partial charge on any atom is 0.246 e. The minimum absolute atomic E-state index is 0. The average molecular weight is 519 g/mol. The topological polar surface area (TPSA) is 75.0 Å². The number of amides is 1. The lowest BCUT2D eigenvalue weighted by Gasteiger charge is -2.35. The number of guanidine groups is 1. The Balaban J connectivity index is 0.00000280. The van der Waals surface area contributed by atoms with Crippen molar-refractivity contribution in [1.82, 2.24) is 20.0 Å². The van der Waals surface area contributed by atoms with Gasteiger partial charge in [0.1, 0.15) is 12.3 Å². The number of piperazine rings is 1. The van der Waals surface area contributed by atoms with E-state index in [9.17, 15) is 4.79 Å². The number of carbonyl (C=O) groups excluding carboxylic acids is 1. The molecule has 0 saturated carbocycles. The van der Waals surface area contributed by atoms with Gasteiger partial charge in [-0.3, -0.25) is 14.5 Å². The maximum absolute atomic E-state index is 12.6. The van der Waals surface area contributed by atoms with Crippen LogP contribution in [0, 0.1) is 0 Å².